The average molecular weight is 446 g/mol. The summed E-state index contributed by atoms with van der Waals surface area (Å²) in [5.41, 5.74) is 14.9. The van der Waals surface area contributed by atoms with Gasteiger partial charge in [-0.15, -0.1) is 0 Å². The first-order valence-corrected chi connectivity index (χ1v) is 11.7. The number of nitrogens with one attached hydrogen (secondary N) is 2. The van der Waals surface area contributed by atoms with Gasteiger partial charge in [-0.3, -0.25) is 10.2 Å². The Morgan fingerprint density at radius 3 is 1.76 bits per heavy atom. The summed E-state index contributed by atoms with van der Waals surface area (Å²) in [5, 5.41) is 5.67. The molecule has 0 unspecified atom stereocenters. The summed E-state index contributed by atoms with van der Waals surface area (Å²) in [7, 11) is 0. The molecule has 0 atom stereocenters. The second-order valence-corrected chi connectivity index (χ2v) is 11.3. The van der Waals surface area contributed by atoms with Crippen molar-refractivity contribution in [3.8, 4) is 0 Å². The second-order valence-electron chi connectivity index (χ2n) is 11.3. The van der Waals surface area contributed by atoms with Crippen LogP contribution in [0, 0.1) is 12.3 Å². The van der Waals surface area contributed by atoms with E-state index in [9.17, 15) is 0 Å². The number of nitrogens with two attached hydrogens (primary N) is 1. The lowest BCUT2D eigenvalue weighted by molar-refractivity contribution is 0.283. The first-order valence-electron chi connectivity index (χ1n) is 11.7. The Bertz CT molecular complexity index is 1050. The number of nitrogen functional groups attached to an aromatic ring is 1. The zero-order valence-electron chi connectivity index (χ0n) is 21.9. The van der Waals surface area contributed by atoms with Gasteiger partial charge in [0.05, 0.1) is 11.4 Å². The van der Waals surface area contributed by atoms with Crippen LogP contribution in [-0.4, -0.2) is 10.2 Å². The van der Waals surface area contributed by atoms with Gasteiger partial charge < -0.3 is 5.73 Å². The molecule has 0 amide bonds. The molecule has 1 aromatic heterocycles. The van der Waals surface area contributed by atoms with Crippen molar-refractivity contribution in [1.29, 1.82) is 0 Å². The van der Waals surface area contributed by atoms with Gasteiger partial charge in [0.15, 0.2) is 0 Å². The number of aromatic amines is 2. The van der Waals surface area contributed by atoms with E-state index >= 15 is 0 Å². The summed E-state index contributed by atoms with van der Waals surface area (Å²) in [6.45, 7) is 25.5. The molecule has 2 aromatic carbocycles. The minimum Gasteiger partial charge on any atom is -0.398 e. The Kier molecular flexibility index (Phi) is 7.90. The third kappa shape index (κ3) is 6.31. The predicted molar refractivity (Wildman–Crippen MR) is 147 cm³/mol. The molecule has 33 heavy (non-hydrogen) atoms. The molecule has 0 aliphatic rings. The fourth-order valence-corrected chi connectivity index (χ4v) is 4.77. The topological polar surface area (TPSA) is 57.6 Å². The van der Waals surface area contributed by atoms with E-state index in [4.69, 9.17) is 5.73 Å². The van der Waals surface area contributed by atoms with E-state index in [1.807, 2.05) is 0 Å². The molecule has 3 rings (SSSR count). The van der Waals surface area contributed by atoms with Crippen LogP contribution in [0.3, 0.4) is 0 Å². The van der Waals surface area contributed by atoms with Crippen LogP contribution < -0.4 is 5.73 Å². The standard InChI is InChI=1S/C24H35N.C6H8N2/c1-17-20(23(5,6)16-22(2,3)4)14-19(15-21(17)25)24(7,8)18-12-10-9-11-13-18;1-3-5-6(4-2)8-7-5/h9-15H,16,25H2,1-8H3;3-4,7-8H,1-2H2. The van der Waals surface area contributed by atoms with Gasteiger partial charge in [-0.1, -0.05) is 98.0 Å². The van der Waals surface area contributed by atoms with Crippen molar-refractivity contribution in [2.45, 2.75) is 72.6 Å². The van der Waals surface area contributed by atoms with Crippen molar-refractivity contribution in [1.82, 2.24) is 10.2 Å². The molecule has 3 nitrogen and oxygen atoms in total. The van der Waals surface area contributed by atoms with Crippen LogP contribution in [0.5, 0.6) is 0 Å². The monoisotopic (exact) mass is 445 g/mol. The fourth-order valence-electron chi connectivity index (χ4n) is 4.77. The fraction of sp³-hybridized carbons (Fsp3) is 0.400. The van der Waals surface area contributed by atoms with Crippen LogP contribution in [0.25, 0.3) is 12.2 Å². The predicted octanol–water partition coefficient (Wildman–Crippen LogP) is 8.25. The van der Waals surface area contributed by atoms with Crippen molar-refractivity contribution in [3.63, 3.8) is 0 Å². The first-order chi connectivity index (χ1) is 15.2. The highest BCUT2D eigenvalue weighted by atomic mass is 15.2. The summed E-state index contributed by atoms with van der Waals surface area (Å²) >= 11 is 0. The second kappa shape index (κ2) is 9.91. The van der Waals surface area contributed by atoms with Crippen molar-refractivity contribution >= 4 is 17.8 Å². The molecular weight excluding hydrogens is 402 g/mol. The van der Waals surface area contributed by atoms with Crippen LogP contribution in [-0.2, 0) is 10.8 Å². The van der Waals surface area contributed by atoms with Crippen LogP contribution in [0.1, 0.15) is 88.5 Å². The van der Waals surface area contributed by atoms with Crippen molar-refractivity contribution < 1.29 is 0 Å². The molecule has 1 heterocycles. The molecule has 0 bridgehead atoms. The zero-order chi connectivity index (χ0) is 25.0. The third-order valence-corrected chi connectivity index (χ3v) is 6.40. The number of hydrogen-bond donors (Lipinski definition) is 3. The molecule has 0 saturated heterocycles. The lowest BCUT2D eigenvalue weighted by atomic mass is 9.69. The number of anilines is 1. The van der Waals surface area contributed by atoms with Gasteiger partial charge in [0.2, 0.25) is 0 Å². The maximum Gasteiger partial charge on any atom is 0.0783 e. The highest BCUT2D eigenvalue weighted by molar-refractivity contribution is 5.58. The molecule has 3 aromatic rings. The summed E-state index contributed by atoms with van der Waals surface area (Å²) in [6, 6.07) is 15.3. The number of H-pyrrole nitrogens is 2. The molecule has 0 aliphatic carbocycles. The maximum absolute atomic E-state index is 6.46. The van der Waals surface area contributed by atoms with Crippen LogP contribution in [0.15, 0.2) is 55.6 Å². The molecule has 0 aliphatic heterocycles. The number of benzene rings is 2. The first kappa shape index (κ1) is 26.3. The average Bonchev–Trinajstić information content (AvgIpc) is 2.69. The lowest BCUT2D eigenvalue weighted by Gasteiger charge is -2.36. The Labute approximate surface area is 201 Å². The number of aromatic nitrogens is 2. The van der Waals surface area contributed by atoms with E-state index in [1.54, 1.807) is 12.2 Å². The molecule has 0 spiro atoms. The van der Waals surface area contributed by atoms with Gasteiger partial charge in [0.25, 0.3) is 0 Å². The van der Waals surface area contributed by atoms with E-state index < -0.39 is 0 Å². The normalized spacial score (nSPS) is 12.1. The molecule has 4 N–H and O–H groups in total. The van der Waals surface area contributed by atoms with Gasteiger partial charge in [0.1, 0.15) is 0 Å². The van der Waals surface area contributed by atoms with E-state index in [0.717, 1.165) is 23.5 Å². The summed E-state index contributed by atoms with van der Waals surface area (Å²) in [6.07, 6.45) is 4.61. The Balaban J connectivity index is 0.000000405. The Hall–Kier alpha value is -2.94. The SMILES string of the molecule is C=Cc1[nH][nH]c1C=C.Cc1c(N)cc(C(C)(C)c2ccccc2)cc1C(C)(C)CC(C)(C)C. The smallest absolute Gasteiger partial charge is 0.0783 e. The highest BCUT2D eigenvalue weighted by Crippen LogP contribution is 2.42. The van der Waals surface area contributed by atoms with Crippen LogP contribution in [0.4, 0.5) is 5.69 Å². The Morgan fingerprint density at radius 2 is 1.33 bits per heavy atom. The lowest BCUT2D eigenvalue weighted by Crippen LogP contribution is -2.27. The minimum absolute atomic E-state index is 0.0738. The maximum atomic E-state index is 6.46. The van der Waals surface area contributed by atoms with Crippen molar-refractivity contribution in [3.05, 3.63) is 89.3 Å². The van der Waals surface area contributed by atoms with Gasteiger partial charge in [-0.05, 0) is 64.6 Å². The summed E-state index contributed by atoms with van der Waals surface area (Å²) in [5.74, 6) is 0. The Morgan fingerprint density at radius 1 is 0.818 bits per heavy atom. The molecule has 0 radical (unpaired) electrons. The summed E-state index contributed by atoms with van der Waals surface area (Å²) in [4.78, 5) is 0. The van der Waals surface area contributed by atoms with E-state index in [0.29, 0.717) is 0 Å². The van der Waals surface area contributed by atoms with Gasteiger partial charge in [0, 0.05) is 11.1 Å². The molecule has 3 heteroatoms. The van der Waals surface area contributed by atoms with Gasteiger partial charge in [-0.25, -0.2) is 0 Å². The number of hydrogen-bond acceptors (Lipinski definition) is 1. The zero-order valence-corrected chi connectivity index (χ0v) is 21.9. The highest BCUT2D eigenvalue weighted by Gasteiger charge is 2.31. The molecule has 0 fully saturated rings. The van der Waals surface area contributed by atoms with E-state index in [1.165, 1.54) is 22.3 Å². The minimum atomic E-state index is -0.0738. The largest absolute Gasteiger partial charge is 0.398 e. The van der Waals surface area contributed by atoms with Crippen LogP contribution >= 0.6 is 0 Å². The van der Waals surface area contributed by atoms with Gasteiger partial charge in [-0.2, -0.15) is 0 Å². The number of rotatable bonds is 6. The van der Waals surface area contributed by atoms with E-state index in [-0.39, 0.29) is 16.2 Å². The van der Waals surface area contributed by atoms with Crippen molar-refractivity contribution in [2.75, 3.05) is 5.73 Å². The van der Waals surface area contributed by atoms with Gasteiger partial charge >= 0.3 is 0 Å². The van der Waals surface area contributed by atoms with Crippen molar-refractivity contribution in [2.24, 2.45) is 5.41 Å². The molecular formula is C30H43N3. The third-order valence-electron chi connectivity index (χ3n) is 6.40. The van der Waals surface area contributed by atoms with Crippen LogP contribution in [0.2, 0.25) is 0 Å². The van der Waals surface area contributed by atoms with E-state index in [2.05, 4.69) is 121 Å². The quantitative estimate of drug-likeness (QED) is 0.329. The molecule has 178 valence electrons. The summed E-state index contributed by atoms with van der Waals surface area (Å²) < 4.78 is 0. The molecule has 0 saturated carbocycles.